The average molecular weight is 333 g/mol. The van der Waals surface area contributed by atoms with Gasteiger partial charge < -0.3 is 19.6 Å². The maximum Gasteiger partial charge on any atom is 0.226 e. The highest BCUT2D eigenvalue weighted by Gasteiger charge is 2.38. The SMILES string of the molecule is Cc1nn(C)c(C)c1[C@H]1OCC[C@@H]1C(=O)NC[C@@H](O)c1ccco1. The Morgan fingerprint density at radius 3 is 2.96 bits per heavy atom. The van der Waals surface area contributed by atoms with E-state index in [-0.39, 0.29) is 24.5 Å². The Balaban J connectivity index is 1.68. The highest BCUT2D eigenvalue weighted by Crippen LogP contribution is 2.37. The van der Waals surface area contributed by atoms with Crippen LogP contribution in [0.25, 0.3) is 0 Å². The van der Waals surface area contributed by atoms with E-state index >= 15 is 0 Å². The second-order valence-electron chi connectivity index (χ2n) is 6.17. The molecule has 1 aliphatic heterocycles. The van der Waals surface area contributed by atoms with E-state index in [1.54, 1.807) is 12.1 Å². The number of aliphatic hydroxyl groups is 1. The summed E-state index contributed by atoms with van der Waals surface area (Å²) < 4.78 is 12.8. The maximum atomic E-state index is 12.6. The van der Waals surface area contributed by atoms with Gasteiger partial charge in [-0.2, -0.15) is 5.10 Å². The summed E-state index contributed by atoms with van der Waals surface area (Å²) in [4.78, 5) is 12.6. The summed E-state index contributed by atoms with van der Waals surface area (Å²) in [5.74, 6) is 0.0367. The van der Waals surface area contributed by atoms with Crippen LogP contribution in [0.5, 0.6) is 0 Å². The van der Waals surface area contributed by atoms with Gasteiger partial charge in [0, 0.05) is 24.9 Å². The first-order valence-corrected chi connectivity index (χ1v) is 8.10. The van der Waals surface area contributed by atoms with Crippen molar-refractivity contribution in [2.75, 3.05) is 13.2 Å². The lowest BCUT2D eigenvalue weighted by Gasteiger charge is -2.19. The van der Waals surface area contributed by atoms with Crippen molar-refractivity contribution in [3.8, 4) is 0 Å². The molecule has 130 valence electrons. The topological polar surface area (TPSA) is 89.5 Å². The normalized spacial score (nSPS) is 21.8. The van der Waals surface area contributed by atoms with Gasteiger partial charge in [0.05, 0.1) is 30.5 Å². The minimum atomic E-state index is -0.855. The van der Waals surface area contributed by atoms with Crippen molar-refractivity contribution in [3.63, 3.8) is 0 Å². The molecule has 0 aromatic carbocycles. The van der Waals surface area contributed by atoms with Gasteiger partial charge in [-0.25, -0.2) is 0 Å². The molecule has 1 amide bonds. The number of ether oxygens (including phenoxy) is 1. The third-order valence-corrected chi connectivity index (χ3v) is 4.62. The van der Waals surface area contributed by atoms with Crippen LogP contribution in [0.2, 0.25) is 0 Å². The Morgan fingerprint density at radius 1 is 1.54 bits per heavy atom. The summed E-state index contributed by atoms with van der Waals surface area (Å²) in [5.41, 5.74) is 2.88. The lowest BCUT2D eigenvalue weighted by atomic mass is 9.93. The fourth-order valence-electron chi connectivity index (χ4n) is 3.25. The van der Waals surface area contributed by atoms with Crippen LogP contribution in [0.1, 0.15) is 41.3 Å². The summed E-state index contributed by atoms with van der Waals surface area (Å²) in [7, 11) is 1.88. The van der Waals surface area contributed by atoms with Gasteiger partial charge in [0.1, 0.15) is 11.9 Å². The average Bonchev–Trinajstić information content (AvgIpc) is 3.27. The molecule has 2 N–H and O–H groups in total. The van der Waals surface area contributed by atoms with E-state index < -0.39 is 6.10 Å². The first kappa shape index (κ1) is 16.7. The molecule has 0 spiro atoms. The summed E-state index contributed by atoms with van der Waals surface area (Å²) in [6.07, 6.45) is 1.00. The molecule has 1 aliphatic rings. The summed E-state index contributed by atoms with van der Waals surface area (Å²) in [6, 6.07) is 3.38. The van der Waals surface area contributed by atoms with Crippen LogP contribution in [0.4, 0.5) is 0 Å². The van der Waals surface area contributed by atoms with Crippen LogP contribution in [0.3, 0.4) is 0 Å². The maximum absolute atomic E-state index is 12.6. The van der Waals surface area contributed by atoms with Crippen molar-refractivity contribution in [3.05, 3.63) is 41.1 Å². The van der Waals surface area contributed by atoms with Crippen molar-refractivity contribution in [1.82, 2.24) is 15.1 Å². The molecule has 3 heterocycles. The molecular formula is C17H23N3O4. The number of nitrogens with zero attached hydrogens (tertiary/aromatic N) is 2. The van der Waals surface area contributed by atoms with Crippen molar-refractivity contribution >= 4 is 5.91 Å². The Morgan fingerprint density at radius 2 is 2.33 bits per heavy atom. The molecule has 0 unspecified atom stereocenters. The van der Waals surface area contributed by atoms with E-state index in [9.17, 15) is 9.90 Å². The Labute approximate surface area is 140 Å². The number of nitrogens with one attached hydrogen (secondary N) is 1. The number of amides is 1. The molecule has 0 bridgehead atoms. The zero-order valence-corrected chi connectivity index (χ0v) is 14.2. The van der Waals surface area contributed by atoms with Gasteiger partial charge in [-0.05, 0) is 32.4 Å². The van der Waals surface area contributed by atoms with Gasteiger partial charge in [-0.1, -0.05) is 0 Å². The zero-order valence-electron chi connectivity index (χ0n) is 14.2. The second-order valence-corrected chi connectivity index (χ2v) is 6.17. The van der Waals surface area contributed by atoms with Gasteiger partial charge in [-0.15, -0.1) is 0 Å². The van der Waals surface area contributed by atoms with E-state index in [0.717, 1.165) is 17.0 Å². The van der Waals surface area contributed by atoms with Crippen LogP contribution >= 0.6 is 0 Å². The first-order chi connectivity index (χ1) is 11.5. The standard InChI is InChI=1S/C17H23N3O4/c1-10-15(11(2)20(3)19-10)16-12(6-8-24-16)17(22)18-9-13(21)14-5-4-7-23-14/h4-5,7,12-13,16,21H,6,8-9H2,1-3H3,(H,18,22)/t12-,13+,16-/m0/s1. The lowest BCUT2D eigenvalue weighted by molar-refractivity contribution is -0.127. The number of carbonyl (C=O) groups is 1. The third kappa shape index (κ3) is 3.09. The van der Waals surface area contributed by atoms with E-state index in [1.807, 2.05) is 25.6 Å². The Kier molecular flexibility index (Phi) is 4.73. The fraction of sp³-hybridized carbons (Fsp3) is 0.529. The second kappa shape index (κ2) is 6.78. The van der Waals surface area contributed by atoms with E-state index in [4.69, 9.17) is 9.15 Å². The monoisotopic (exact) mass is 333 g/mol. The van der Waals surface area contributed by atoms with Crippen molar-refractivity contribution in [2.45, 2.75) is 32.5 Å². The van der Waals surface area contributed by atoms with Crippen LogP contribution in [-0.2, 0) is 16.6 Å². The molecule has 3 atom stereocenters. The number of aliphatic hydroxyl groups excluding tert-OH is 1. The highest BCUT2D eigenvalue weighted by atomic mass is 16.5. The highest BCUT2D eigenvalue weighted by molar-refractivity contribution is 5.80. The predicted molar refractivity (Wildman–Crippen MR) is 86.2 cm³/mol. The zero-order chi connectivity index (χ0) is 17.3. The minimum absolute atomic E-state index is 0.112. The molecule has 7 nitrogen and oxygen atoms in total. The number of carbonyl (C=O) groups excluding carboxylic acids is 1. The smallest absolute Gasteiger partial charge is 0.226 e. The quantitative estimate of drug-likeness (QED) is 0.867. The van der Waals surface area contributed by atoms with Gasteiger partial charge >= 0.3 is 0 Å². The number of aromatic nitrogens is 2. The van der Waals surface area contributed by atoms with Gasteiger partial charge in [-0.3, -0.25) is 9.48 Å². The minimum Gasteiger partial charge on any atom is -0.467 e. The van der Waals surface area contributed by atoms with Crippen molar-refractivity contribution in [1.29, 1.82) is 0 Å². The summed E-state index contributed by atoms with van der Waals surface area (Å²) in [5, 5.41) is 17.2. The van der Waals surface area contributed by atoms with Crippen LogP contribution in [0.15, 0.2) is 22.8 Å². The molecular weight excluding hydrogens is 310 g/mol. The number of rotatable bonds is 5. The molecule has 0 radical (unpaired) electrons. The van der Waals surface area contributed by atoms with Crippen LogP contribution in [0, 0.1) is 19.8 Å². The Bertz CT molecular complexity index is 708. The molecule has 0 aliphatic carbocycles. The molecule has 2 aromatic rings. The summed E-state index contributed by atoms with van der Waals surface area (Å²) >= 11 is 0. The predicted octanol–water partition coefficient (Wildman–Crippen LogP) is 1.56. The molecule has 7 heteroatoms. The van der Waals surface area contributed by atoms with E-state index in [1.165, 1.54) is 6.26 Å². The molecule has 3 rings (SSSR count). The van der Waals surface area contributed by atoms with Crippen molar-refractivity contribution < 1.29 is 19.1 Å². The molecule has 1 fully saturated rings. The van der Waals surface area contributed by atoms with Gasteiger partial charge in [0.2, 0.25) is 5.91 Å². The third-order valence-electron chi connectivity index (χ3n) is 4.62. The van der Waals surface area contributed by atoms with E-state index in [0.29, 0.717) is 18.8 Å². The fourth-order valence-corrected chi connectivity index (χ4v) is 3.25. The first-order valence-electron chi connectivity index (χ1n) is 8.10. The van der Waals surface area contributed by atoms with Gasteiger partial charge in [0.25, 0.3) is 0 Å². The number of aryl methyl sites for hydroxylation is 2. The molecule has 24 heavy (non-hydrogen) atoms. The van der Waals surface area contributed by atoms with E-state index in [2.05, 4.69) is 10.4 Å². The molecule has 2 aromatic heterocycles. The molecule has 0 saturated carbocycles. The number of furan rings is 1. The van der Waals surface area contributed by atoms with Crippen molar-refractivity contribution in [2.24, 2.45) is 13.0 Å². The largest absolute Gasteiger partial charge is 0.467 e. The van der Waals surface area contributed by atoms with Crippen LogP contribution in [-0.4, -0.2) is 33.9 Å². The van der Waals surface area contributed by atoms with Crippen LogP contribution < -0.4 is 5.32 Å². The Hall–Kier alpha value is -2.12. The summed E-state index contributed by atoms with van der Waals surface area (Å²) in [6.45, 7) is 4.56. The number of hydrogen-bond acceptors (Lipinski definition) is 5. The molecule has 1 saturated heterocycles. The number of hydrogen-bond donors (Lipinski definition) is 2. The van der Waals surface area contributed by atoms with Gasteiger partial charge in [0.15, 0.2) is 0 Å². The lowest BCUT2D eigenvalue weighted by Crippen LogP contribution is -2.35.